The molecule has 0 bridgehead atoms. The Bertz CT molecular complexity index is 362. The Morgan fingerprint density at radius 1 is 1.29 bits per heavy atom. The van der Waals surface area contributed by atoms with E-state index in [1.165, 1.54) is 11.1 Å². The summed E-state index contributed by atoms with van der Waals surface area (Å²) in [6.07, 6.45) is 3.60. The molecule has 0 amide bonds. The van der Waals surface area contributed by atoms with Gasteiger partial charge in [-0.2, -0.15) is 0 Å². The van der Waals surface area contributed by atoms with Crippen LogP contribution in [0.1, 0.15) is 18.4 Å². The molecular weight excluding hydrogens is 214 g/mol. The Balaban J connectivity index is 1.63. The van der Waals surface area contributed by atoms with Gasteiger partial charge in [0.05, 0.1) is 19.5 Å². The molecule has 1 aromatic rings. The van der Waals surface area contributed by atoms with E-state index >= 15 is 0 Å². The van der Waals surface area contributed by atoms with E-state index in [4.69, 9.17) is 15.2 Å². The molecule has 0 saturated carbocycles. The lowest BCUT2D eigenvalue weighted by Crippen LogP contribution is -2.23. The van der Waals surface area contributed by atoms with Crippen LogP contribution < -0.4 is 5.73 Å². The van der Waals surface area contributed by atoms with Crippen molar-refractivity contribution in [2.24, 2.45) is 5.73 Å². The summed E-state index contributed by atoms with van der Waals surface area (Å²) in [5.41, 5.74) is 8.43. The number of hydrogen-bond donors (Lipinski definition) is 1. The summed E-state index contributed by atoms with van der Waals surface area (Å²) in [7, 11) is 0. The van der Waals surface area contributed by atoms with Gasteiger partial charge in [-0.25, -0.2) is 0 Å². The van der Waals surface area contributed by atoms with E-state index in [0.29, 0.717) is 13.2 Å². The Morgan fingerprint density at radius 3 is 2.82 bits per heavy atom. The highest BCUT2D eigenvalue weighted by Gasteiger charge is 2.13. The summed E-state index contributed by atoms with van der Waals surface area (Å²) < 4.78 is 10.8. The van der Waals surface area contributed by atoms with Crippen LogP contribution >= 0.6 is 0 Å². The average molecular weight is 233 g/mol. The van der Waals surface area contributed by atoms with Crippen LogP contribution in [0.15, 0.2) is 42.2 Å². The van der Waals surface area contributed by atoms with E-state index in [2.05, 4.69) is 12.1 Å². The second-order valence-corrected chi connectivity index (χ2v) is 4.25. The third-order valence-electron chi connectivity index (χ3n) is 2.90. The molecule has 92 valence electrons. The minimum Gasteiger partial charge on any atom is -0.501 e. The van der Waals surface area contributed by atoms with Crippen molar-refractivity contribution in [1.29, 1.82) is 0 Å². The molecule has 1 aliphatic heterocycles. The van der Waals surface area contributed by atoms with E-state index in [9.17, 15) is 0 Å². The van der Waals surface area contributed by atoms with Gasteiger partial charge in [-0.3, -0.25) is 0 Å². The predicted octanol–water partition coefficient (Wildman–Crippen LogP) is 2.22. The summed E-state index contributed by atoms with van der Waals surface area (Å²) in [5, 5.41) is 0. The molecule has 3 heteroatoms. The van der Waals surface area contributed by atoms with E-state index in [1.54, 1.807) is 6.26 Å². The monoisotopic (exact) mass is 233 g/mol. The Kier molecular flexibility index (Phi) is 4.59. The SMILES string of the molecule is NC(CCOCc1ccccc1)C1=COCC1. The van der Waals surface area contributed by atoms with Gasteiger partial charge in [0, 0.05) is 19.1 Å². The number of nitrogens with two attached hydrogens (primary N) is 1. The van der Waals surface area contributed by atoms with Crippen LogP contribution in [-0.2, 0) is 16.1 Å². The van der Waals surface area contributed by atoms with Gasteiger partial charge in [-0.15, -0.1) is 0 Å². The van der Waals surface area contributed by atoms with Gasteiger partial charge in [0.15, 0.2) is 0 Å². The zero-order chi connectivity index (χ0) is 11.9. The fraction of sp³-hybridized carbons (Fsp3) is 0.429. The van der Waals surface area contributed by atoms with Gasteiger partial charge >= 0.3 is 0 Å². The van der Waals surface area contributed by atoms with Crippen molar-refractivity contribution in [1.82, 2.24) is 0 Å². The van der Waals surface area contributed by atoms with E-state index in [1.807, 2.05) is 18.2 Å². The Morgan fingerprint density at radius 2 is 2.12 bits per heavy atom. The molecule has 0 aromatic heterocycles. The fourth-order valence-electron chi connectivity index (χ4n) is 1.83. The number of hydrogen-bond acceptors (Lipinski definition) is 3. The van der Waals surface area contributed by atoms with Gasteiger partial charge in [0.1, 0.15) is 0 Å². The van der Waals surface area contributed by atoms with Crippen LogP contribution in [0, 0.1) is 0 Å². The third-order valence-corrected chi connectivity index (χ3v) is 2.90. The summed E-state index contributed by atoms with van der Waals surface area (Å²) in [4.78, 5) is 0. The largest absolute Gasteiger partial charge is 0.501 e. The number of ether oxygens (including phenoxy) is 2. The molecule has 1 aliphatic rings. The topological polar surface area (TPSA) is 44.5 Å². The Hall–Kier alpha value is -1.32. The van der Waals surface area contributed by atoms with Crippen molar-refractivity contribution in [3.05, 3.63) is 47.7 Å². The molecule has 3 nitrogen and oxygen atoms in total. The zero-order valence-corrected chi connectivity index (χ0v) is 9.97. The standard InChI is InChI=1S/C14H19NO2/c15-14(13-6-8-17-11-13)7-9-16-10-12-4-2-1-3-5-12/h1-5,11,14H,6-10,15H2. The highest BCUT2D eigenvalue weighted by Crippen LogP contribution is 2.15. The minimum atomic E-state index is 0.0771. The summed E-state index contributed by atoms with van der Waals surface area (Å²) in [6.45, 7) is 2.12. The summed E-state index contributed by atoms with van der Waals surface area (Å²) >= 11 is 0. The number of benzene rings is 1. The van der Waals surface area contributed by atoms with Crippen LogP contribution in [0.25, 0.3) is 0 Å². The lowest BCUT2D eigenvalue weighted by molar-refractivity contribution is 0.116. The van der Waals surface area contributed by atoms with Gasteiger partial charge in [0.2, 0.25) is 0 Å². The first-order valence-electron chi connectivity index (χ1n) is 6.04. The summed E-state index contributed by atoms with van der Waals surface area (Å²) in [6, 6.07) is 10.2. The van der Waals surface area contributed by atoms with Crippen LogP contribution in [0.4, 0.5) is 0 Å². The number of rotatable bonds is 6. The predicted molar refractivity (Wildman–Crippen MR) is 67.3 cm³/mol. The second kappa shape index (κ2) is 6.42. The maximum Gasteiger partial charge on any atom is 0.0912 e. The fourth-order valence-corrected chi connectivity index (χ4v) is 1.83. The van der Waals surface area contributed by atoms with Crippen molar-refractivity contribution < 1.29 is 9.47 Å². The van der Waals surface area contributed by atoms with Crippen molar-refractivity contribution >= 4 is 0 Å². The molecule has 0 saturated heterocycles. The third kappa shape index (κ3) is 3.88. The molecule has 1 unspecified atom stereocenters. The average Bonchev–Trinajstić information content (AvgIpc) is 2.89. The Labute approximate surface area is 102 Å². The van der Waals surface area contributed by atoms with Gasteiger partial charge < -0.3 is 15.2 Å². The van der Waals surface area contributed by atoms with Crippen molar-refractivity contribution in [3.8, 4) is 0 Å². The lowest BCUT2D eigenvalue weighted by Gasteiger charge is -2.11. The van der Waals surface area contributed by atoms with E-state index in [-0.39, 0.29) is 6.04 Å². The van der Waals surface area contributed by atoms with E-state index in [0.717, 1.165) is 19.4 Å². The van der Waals surface area contributed by atoms with Crippen LogP contribution in [0.3, 0.4) is 0 Å². The molecule has 1 heterocycles. The van der Waals surface area contributed by atoms with Crippen LogP contribution in [-0.4, -0.2) is 19.3 Å². The highest BCUT2D eigenvalue weighted by atomic mass is 16.5. The molecule has 1 aromatic carbocycles. The molecule has 0 spiro atoms. The van der Waals surface area contributed by atoms with Crippen molar-refractivity contribution in [2.75, 3.05) is 13.2 Å². The van der Waals surface area contributed by atoms with Gasteiger partial charge in [-0.1, -0.05) is 30.3 Å². The molecule has 0 radical (unpaired) electrons. The van der Waals surface area contributed by atoms with Crippen molar-refractivity contribution in [3.63, 3.8) is 0 Å². The quantitative estimate of drug-likeness (QED) is 0.766. The van der Waals surface area contributed by atoms with Crippen molar-refractivity contribution in [2.45, 2.75) is 25.5 Å². The smallest absolute Gasteiger partial charge is 0.0912 e. The minimum absolute atomic E-state index is 0.0771. The molecule has 2 rings (SSSR count). The summed E-state index contributed by atoms with van der Waals surface area (Å²) in [5.74, 6) is 0. The normalized spacial score (nSPS) is 16.4. The molecule has 0 aliphatic carbocycles. The van der Waals surface area contributed by atoms with E-state index < -0.39 is 0 Å². The molecule has 17 heavy (non-hydrogen) atoms. The molecule has 2 N–H and O–H groups in total. The maximum absolute atomic E-state index is 6.03. The lowest BCUT2D eigenvalue weighted by atomic mass is 10.1. The maximum atomic E-state index is 6.03. The first kappa shape index (κ1) is 12.1. The second-order valence-electron chi connectivity index (χ2n) is 4.25. The first-order valence-corrected chi connectivity index (χ1v) is 6.04. The first-order chi connectivity index (χ1) is 8.36. The molecular formula is C14H19NO2. The zero-order valence-electron chi connectivity index (χ0n) is 9.97. The molecule has 0 fully saturated rings. The molecule has 1 atom stereocenters. The highest BCUT2D eigenvalue weighted by molar-refractivity contribution is 5.13. The van der Waals surface area contributed by atoms with Crippen LogP contribution in [0.5, 0.6) is 0 Å². The van der Waals surface area contributed by atoms with Crippen LogP contribution in [0.2, 0.25) is 0 Å². The van der Waals surface area contributed by atoms with Gasteiger partial charge in [0.25, 0.3) is 0 Å². The van der Waals surface area contributed by atoms with Gasteiger partial charge in [-0.05, 0) is 17.6 Å².